The maximum Gasteiger partial charge on any atom is 0.315 e. The molecule has 24 heavy (non-hydrogen) atoms. The fraction of sp³-hybridized carbons (Fsp3) is 0.412. The molecular weight excluding hydrogens is 314 g/mol. The molecule has 0 radical (unpaired) electrons. The summed E-state index contributed by atoms with van der Waals surface area (Å²) in [6.07, 6.45) is 7.63. The van der Waals surface area contributed by atoms with E-state index in [9.17, 15) is 13.6 Å². The highest BCUT2D eigenvalue weighted by molar-refractivity contribution is 5.74. The second-order valence-electron chi connectivity index (χ2n) is 5.53. The summed E-state index contributed by atoms with van der Waals surface area (Å²) in [5.74, 6) is -1.28. The molecule has 1 heterocycles. The minimum absolute atomic E-state index is 0.286. The number of aromatic nitrogens is 2. The highest BCUT2D eigenvalue weighted by Crippen LogP contribution is 2.20. The van der Waals surface area contributed by atoms with Crippen molar-refractivity contribution < 1.29 is 13.6 Å². The van der Waals surface area contributed by atoms with Crippen molar-refractivity contribution in [1.29, 1.82) is 0 Å². The van der Waals surface area contributed by atoms with E-state index in [4.69, 9.17) is 0 Å². The molecule has 0 aliphatic carbocycles. The van der Waals surface area contributed by atoms with Crippen LogP contribution in [0, 0.1) is 11.6 Å². The van der Waals surface area contributed by atoms with Crippen molar-refractivity contribution in [2.24, 2.45) is 0 Å². The Morgan fingerprint density at radius 2 is 2.17 bits per heavy atom. The molecule has 2 rings (SSSR count). The Morgan fingerprint density at radius 1 is 1.33 bits per heavy atom. The van der Waals surface area contributed by atoms with Gasteiger partial charge >= 0.3 is 6.03 Å². The lowest BCUT2D eigenvalue weighted by Gasteiger charge is -2.18. The van der Waals surface area contributed by atoms with Gasteiger partial charge in [0, 0.05) is 37.1 Å². The predicted molar refractivity (Wildman–Crippen MR) is 87.4 cm³/mol. The number of nitrogens with zero attached hydrogens (tertiary/aromatic N) is 2. The third-order valence-electron chi connectivity index (χ3n) is 3.74. The first-order chi connectivity index (χ1) is 11.6. The average molecular weight is 336 g/mol. The maximum atomic E-state index is 13.8. The van der Waals surface area contributed by atoms with Crippen molar-refractivity contribution in [2.75, 3.05) is 6.54 Å². The number of unbranched alkanes of at least 4 members (excludes halogenated alkanes) is 1. The molecule has 2 amide bonds. The van der Waals surface area contributed by atoms with E-state index >= 15 is 0 Å². The Balaban J connectivity index is 1.73. The van der Waals surface area contributed by atoms with E-state index in [1.165, 1.54) is 12.1 Å². The van der Waals surface area contributed by atoms with Gasteiger partial charge in [0.15, 0.2) is 0 Å². The van der Waals surface area contributed by atoms with Gasteiger partial charge < -0.3 is 15.2 Å². The SMILES string of the molecule is CC[C@H](NC(=O)NCCCCn1ccnc1)c1ccc(F)cc1F. The first kappa shape index (κ1) is 17.9. The minimum atomic E-state index is -0.650. The van der Waals surface area contributed by atoms with E-state index < -0.39 is 17.7 Å². The molecule has 2 N–H and O–H groups in total. The third kappa shape index (κ3) is 5.33. The summed E-state index contributed by atoms with van der Waals surface area (Å²) in [5, 5.41) is 5.48. The number of amides is 2. The van der Waals surface area contributed by atoms with Crippen molar-refractivity contribution in [2.45, 2.75) is 38.8 Å². The summed E-state index contributed by atoms with van der Waals surface area (Å²) in [6.45, 7) is 3.21. The summed E-state index contributed by atoms with van der Waals surface area (Å²) in [7, 11) is 0. The summed E-state index contributed by atoms with van der Waals surface area (Å²) in [6, 6.07) is 2.54. The van der Waals surface area contributed by atoms with Crippen LogP contribution in [-0.2, 0) is 6.54 Å². The second-order valence-corrected chi connectivity index (χ2v) is 5.53. The molecule has 2 aromatic rings. The fourth-order valence-electron chi connectivity index (χ4n) is 2.43. The normalized spacial score (nSPS) is 12.0. The van der Waals surface area contributed by atoms with E-state index in [2.05, 4.69) is 15.6 Å². The molecule has 0 bridgehead atoms. The number of carbonyl (C=O) groups is 1. The molecule has 130 valence electrons. The minimum Gasteiger partial charge on any atom is -0.338 e. The van der Waals surface area contributed by atoms with Gasteiger partial charge in [0.1, 0.15) is 11.6 Å². The highest BCUT2D eigenvalue weighted by atomic mass is 19.1. The standard InChI is InChI=1S/C17H22F2N4O/c1-2-16(14-6-5-13(18)11-15(14)19)22-17(24)21-7-3-4-9-23-10-8-20-12-23/h5-6,8,10-12,16H,2-4,7,9H2,1H3,(H2,21,22,24)/t16-/m0/s1. The number of halogens is 2. The van der Waals surface area contributed by atoms with Crippen LogP contribution in [0.15, 0.2) is 36.9 Å². The number of rotatable bonds is 8. The topological polar surface area (TPSA) is 59.0 Å². The van der Waals surface area contributed by atoms with Crippen LogP contribution in [0.2, 0.25) is 0 Å². The first-order valence-electron chi connectivity index (χ1n) is 8.05. The number of hydrogen-bond donors (Lipinski definition) is 2. The van der Waals surface area contributed by atoms with Crippen LogP contribution >= 0.6 is 0 Å². The maximum absolute atomic E-state index is 13.8. The number of benzene rings is 1. The molecule has 0 saturated heterocycles. The molecule has 0 spiro atoms. The van der Waals surface area contributed by atoms with Gasteiger partial charge in [-0.25, -0.2) is 18.6 Å². The zero-order chi connectivity index (χ0) is 17.4. The molecule has 0 unspecified atom stereocenters. The van der Waals surface area contributed by atoms with Gasteiger partial charge in [0.25, 0.3) is 0 Å². The molecule has 1 aromatic carbocycles. The first-order valence-corrected chi connectivity index (χ1v) is 8.05. The van der Waals surface area contributed by atoms with Crippen LogP contribution in [0.25, 0.3) is 0 Å². The Labute approximate surface area is 140 Å². The van der Waals surface area contributed by atoms with Crippen LogP contribution < -0.4 is 10.6 Å². The number of urea groups is 1. The largest absolute Gasteiger partial charge is 0.338 e. The smallest absolute Gasteiger partial charge is 0.315 e. The van der Waals surface area contributed by atoms with Crippen LogP contribution in [-0.4, -0.2) is 22.1 Å². The molecule has 0 saturated carbocycles. The summed E-state index contributed by atoms with van der Waals surface area (Å²) in [5.41, 5.74) is 0.286. The van der Waals surface area contributed by atoms with Gasteiger partial charge in [-0.2, -0.15) is 0 Å². The number of hydrogen-bond acceptors (Lipinski definition) is 2. The van der Waals surface area contributed by atoms with E-state index in [0.29, 0.717) is 13.0 Å². The molecule has 0 fully saturated rings. The Bertz CT molecular complexity index is 646. The molecule has 1 aromatic heterocycles. The third-order valence-corrected chi connectivity index (χ3v) is 3.74. The number of nitrogens with one attached hydrogen (secondary N) is 2. The molecule has 0 aliphatic rings. The Kier molecular flexibility index (Phi) is 6.72. The molecular formula is C17H22F2N4O. The van der Waals surface area contributed by atoms with Gasteiger partial charge in [0.2, 0.25) is 0 Å². The Morgan fingerprint density at radius 3 is 2.83 bits per heavy atom. The van der Waals surface area contributed by atoms with Crippen molar-refractivity contribution >= 4 is 6.03 Å². The summed E-state index contributed by atoms with van der Waals surface area (Å²) < 4.78 is 28.8. The number of aryl methyl sites for hydroxylation is 1. The van der Waals surface area contributed by atoms with Gasteiger partial charge in [-0.1, -0.05) is 13.0 Å². The highest BCUT2D eigenvalue weighted by Gasteiger charge is 2.16. The molecule has 1 atom stereocenters. The summed E-state index contributed by atoms with van der Waals surface area (Å²) in [4.78, 5) is 15.9. The van der Waals surface area contributed by atoms with Gasteiger partial charge in [0.05, 0.1) is 12.4 Å². The summed E-state index contributed by atoms with van der Waals surface area (Å²) >= 11 is 0. The lowest BCUT2D eigenvalue weighted by Crippen LogP contribution is -2.38. The van der Waals surface area contributed by atoms with Crippen molar-refractivity contribution in [3.8, 4) is 0 Å². The van der Waals surface area contributed by atoms with Crippen LogP contribution in [0.1, 0.15) is 37.8 Å². The monoisotopic (exact) mass is 336 g/mol. The zero-order valence-corrected chi connectivity index (χ0v) is 13.6. The fourth-order valence-corrected chi connectivity index (χ4v) is 2.43. The van der Waals surface area contributed by atoms with Crippen molar-refractivity contribution in [3.05, 3.63) is 54.1 Å². The quantitative estimate of drug-likeness (QED) is 0.726. The van der Waals surface area contributed by atoms with Gasteiger partial charge in [-0.15, -0.1) is 0 Å². The van der Waals surface area contributed by atoms with Crippen LogP contribution in [0.4, 0.5) is 13.6 Å². The molecule has 5 nitrogen and oxygen atoms in total. The van der Waals surface area contributed by atoms with Crippen LogP contribution in [0.3, 0.4) is 0 Å². The van der Waals surface area contributed by atoms with E-state index in [1.807, 2.05) is 17.7 Å². The lowest BCUT2D eigenvalue weighted by atomic mass is 10.0. The zero-order valence-electron chi connectivity index (χ0n) is 13.6. The van der Waals surface area contributed by atoms with Gasteiger partial charge in [-0.05, 0) is 25.3 Å². The van der Waals surface area contributed by atoms with Gasteiger partial charge in [-0.3, -0.25) is 0 Å². The average Bonchev–Trinajstić information content (AvgIpc) is 3.06. The van der Waals surface area contributed by atoms with E-state index in [0.717, 1.165) is 25.5 Å². The number of imidazole rings is 1. The molecule has 0 aliphatic heterocycles. The molecule has 7 heteroatoms. The second kappa shape index (κ2) is 9.00. The van der Waals surface area contributed by atoms with Crippen molar-refractivity contribution in [3.63, 3.8) is 0 Å². The number of carbonyl (C=O) groups excluding carboxylic acids is 1. The van der Waals surface area contributed by atoms with Crippen molar-refractivity contribution in [1.82, 2.24) is 20.2 Å². The lowest BCUT2D eigenvalue weighted by molar-refractivity contribution is 0.236. The van der Waals surface area contributed by atoms with Crippen LogP contribution in [0.5, 0.6) is 0 Å². The van der Waals surface area contributed by atoms with E-state index in [1.54, 1.807) is 12.5 Å². The Hall–Kier alpha value is -2.44. The van der Waals surface area contributed by atoms with E-state index in [-0.39, 0.29) is 11.6 Å². The predicted octanol–water partition coefficient (Wildman–Crippen LogP) is 3.39.